The molecule has 0 saturated heterocycles. The van der Waals surface area contributed by atoms with Crippen LogP contribution in [0.25, 0.3) is 22.4 Å². The molecule has 1 aromatic carbocycles. The number of benzene rings is 1. The topological polar surface area (TPSA) is 83.4 Å². The molecule has 6 heteroatoms. The number of hydrogen-bond donors (Lipinski definition) is 3. The maximum atomic E-state index is 5.93. The minimum absolute atomic E-state index is 0.651. The number of H-pyrrole nitrogens is 2. The van der Waals surface area contributed by atoms with Crippen LogP contribution in [0.4, 0.5) is 5.69 Å². The molecule has 0 aliphatic carbocycles. The number of hydrogen-bond acceptors (Lipinski definition) is 3. The van der Waals surface area contributed by atoms with Crippen LogP contribution in [0.5, 0.6) is 0 Å². The molecule has 0 unspecified atom stereocenters. The van der Waals surface area contributed by atoms with Crippen molar-refractivity contribution in [3.05, 3.63) is 28.5 Å². The Bertz CT molecular complexity index is 697. The standard InChI is InChI=1S/C11H10BrN5/c1-5-7(4-14-17-5)11-15-9-3-6(12)2-8(13)10(9)16-11/h2-4H,13H2,1H3,(H,14,17)(H,15,16). The van der Waals surface area contributed by atoms with Gasteiger partial charge >= 0.3 is 0 Å². The van der Waals surface area contributed by atoms with Crippen LogP contribution in [0.1, 0.15) is 5.69 Å². The van der Waals surface area contributed by atoms with Crippen molar-refractivity contribution in [2.45, 2.75) is 6.92 Å². The van der Waals surface area contributed by atoms with Crippen LogP contribution in [-0.4, -0.2) is 20.2 Å². The highest BCUT2D eigenvalue weighted by Gasteiger charge is 2.11. The number of anilines is 1. The van der Waals surface area contributed by atoms with Crippen molar-refractivity contribution in [1.82, 2.24) is 20.2 Å². The van der Waals surface area contributed by atoms with Gasteiger partial charge in [-0.15, -0.1) is 0 Å². The third kappa shape index (κ3) is 1.61. The smallest absolute Gasteiger partial charge is 0.142 e. The zero-order valence-corrected chi connectivity index (χ0v) is 10.7. The van der Waals surface area contributed by atoms with E-state index in [1.165, 1.54) is 0 Å². The van der Waals surface area contributed by atoms with Gasteiger partial charge in [0, 0.05) is 10.2 Å². The maximum absolute atomic E-state index is 5.93. The van der Waals surface area contributed by atoms with Gasteiger partial charge in [0.25, 0.3) is 0 Å². The van der Waals surface area contributed by atoms with Crippen molar-refractivity contribution in [2.75, 3.05) is 5.73 Å². The third-order valence-electron chi connectivity index (χ3n) is 2.67. The van der Waals surface area contributed by atoms with Crippen LogP contribution < -0.4 is 5.73 Å². The van der Waals surface area contributed by atoms with Crippen LogP contribution in [-0.2, 0) is 0 Å². The molecule has 0 amide bonds. The zero-order valence-electron chi connectivity index (χ0n) is 9.08. The van der Waals surface area contributed by atoms with E-state index in [1.807, 2.05) is 19.1 Å². The Morgan fingerprint density at radius 3 is 2.88 bits per heavy atom. The summed E-state index contributed by atoms with van der Waals surface area (Å²) in [6.07, 6.45) is 1.75. The number of nitrogens with zero attached hydrogens (tertiary/aromatic N) is 2. The number of nitrogen functional groups attached to an aromatic ring is 1. The molecule has 4 N–H and O–H groups in total. The SMILES string of the molecule is Cc1[nH]ncc1-c1nc2c(N)cc(Br)cc2[nH]1. The van der Waals surface area contributed by atoms with Crippen molar-refractivity contribution < 1.29 is 0 Å². The fraction of sp³-hybridized carbons (Fsp3) is 0.0909. The van der Waals surface area contributed by atoms with Gasteiger partial charge in [-0.3, -0.25) is 5.10 Å². The second-order valence-electron chi connectivity index (χ2n) is 3.89. The molecule has 0 bridgehead atoms. The Hall–Kier alpha value is -1.82. The number of nitrogens with one attached hydrogen (secondary N) is 2. The molecule has 17 heavy (non-hydrogen) atoms. The molecule has 2 heterocycles. The number of halogens is 1. The lowest BCUT2D eigenvalue weighted by molar-refractivity contribution is 1.05. The summed E-state index contributed by atoms with van der Waals surface area (Å²) in [5.74, 6) is 0.774. The van der Waals surface area contributed by atoms with Crippen LogP contribution in [0.15, 0.2) is 22.8 Å². The number of aryl methyl sites for hydroxylation is 1. The summed E-state index contributed by atoms with van der Waals surface area (Å²) in [7, 11) is 0. The summed E-state index contributed by atoms with van der Waals surface area (Å²) in [5.41, 5.74) is 10.2. The number of aromatic nitrogens is 4. The Labute approximate surface area is 106 Å². The van der Waals surface area contributed by atoms with Crippen molar-refractivity contribution >= 4 is 32.7 Å². The van der Waals surface area contributed by atoms with Crippen molar-refractivity contribution in [3.8, 4) is 11.4 Å². The zero-order chi connectivity index (χ0) is 12.0. The Morgan fingerprint density at radius 1 is 1.35 bits per heavy atom. The van der Waals surface area contributed by atoms with Gasteiger partial charge in [-0.25, -0.2) is 4.98 Å². The fourth-order valence-corrected chi connectivity index (χ4v) is 2.30. The molecular formula is C11H10BrN5. The van der Waals surface area contributed by atoms with E-state index in [9.17, 15) is 0 Å². The van der Waals surface area contributed by atoms with E-state index in [2.05, 4.69) is 36.1 Å². The molecule has 0 aliphatic rings. The molecule has 2 aromatic heterocycles. The van der Waals surface area contributed by atoms with Gasteiger partial charge in [0.05, 0.1) is 23.0 Å². The Kier molecular flexibility index (Phi) is 2.19. The summed E-state index contributed by atoms with van der Waals surface area (Å²) in [6.45, 7) is 1.95. The van der Waals surface area contributed by atoms with E-state index in [1.54, 1.807) is 6.20 Å². The number of aromatic amines is 2. The molecule has 3 aromatic rings. The van der Waals surface area contributed by atoms with Crippen molar-refractivity contribution in [3.63, 3.8) is 0 Å². The fourth-order valence-electron chi connectivity index (χ4n) is 1.82. The lowest BCUT2D eigenvalue weighted by Crippen LogP contribution is -1.86. The van der Waals surface area contributed by atoms with Gasteiger partial charge in [-0.05, 0) is 19.1 Å². The second-order valence-corrected chi connectivity index (χ2v) is 4.80. The van der Waals surface area contributed by atoms with Gasteiger partial charge in [-0.2, -0.15) is 5.10 Å². The average Bonchev–Trinajstić information content (AvgIpc) is 2.83. The Morgan fingerprint density at radius 2 is 2.18 bits per heavy atom. The first-order chi connectivity index (χ1) is 8.15. The molecular weight excluding hydrogens is 282 g/mol. The largest absolute Gasteiger partial charge is 0.397 e. The van der Waals surface area contributed by atoms with Crippen molar-refractivity contribution in [2.24, 2.45) is 0 Å². The minimum atomic E-state index is 0.651. The predicted molar refractivity (Wildman–Crippen MR) is 70.5 cm³/mol. The van der Waals surface area contributed by atoms with E-state index in [0.717, 1.165) is 32.6 Å². The first kappa shape index (κ1) is 10.3. The van der Waals surface area contributed by atoms with Gasteiger partial charge in [0.15, 0.2) is 0 Å². The number of imidazole rings is 1. The summed E-state index contributed by atoms with van der Waals surface area (Å²) >= 11 is 3.41. The molecule has 3 rings (SSSR count). The highest BCUT2D eigenvalue weighted by atomic mass is 79.9. The maximum Gasteiger partial charge on any atom is 0.142 e. The molecule has 0 radical (unpaired) electrons. The molecule has 86 valence electrons. The molecule has 0 atom stereocenters. The summed E-state index contributed by atoms with van der Waals surface area (Å²) in [5, 5.41) is 6.87. The lowest BCUT2D eigenvalue weighted by atomic mass is 10.2. The van der Waals surface area contributed by atoms with Gasteiger partial charge in [0.2, 0.25) is 0 Å². The molecule has 0 spiro atoms. The van der Waals surface area contributed by atoms with Crippen LogP contribution in [0, 0.1) is 6.92 Å². The first-order valence-corrected chi connectivity index (χ1v) is 5.89. The van der Waals surface area contributed by atoms with Crippen LogP contribution >= 0.6 is 15.9 Å². The lowest BCUT2D eigenvalue weighted by Gasteiger charge is -1.94. The van der Waals surface area contributed by atoms with Gasteiger partial charge in [0.1, 0.15) is 11.3 Å². The Balaban J connectivity index is 2.27. The number of rotatable bonds is 1. The van der Waals surface area contributed by atoms with Crippen molar-refractivity contribution in [1.29, 1.82) is 0 Å². The first-order valence-electron chi connectivity index (χ1n) is 5.10. The quantitative estimate of drug-likeness (QED) is 0.603. The number of nitrogens with two attached hydrogens (primary N) is 1. The van der Waals surface area contributed by atoms with E-state index in [-0.39, 0.29) is 0 Å². The van der Waals surface area contributed by atoms with E-state index < -0.39 is 0 Å². The van der Waals surface area contributed by atoms with Gasteiger partial charge in [-0.1, -0.05) is 15.9 Å². The van der Waals surface area contributed by atoms with E-state index in [4.69, 9.17) is 5.73 Å². The minimum Gasteiger partial charge on any atom is -0.397 e. The van der Waals surface area contributed by atoms with Gasteiger partial charge < -0.3 is 10.7 Å². The normalized spacial score (nSPS) is 11.2. The summed E-state index contributed by atoms with van der Waals surface area (Å²) < 4.78 is 0.932. The molecule has 0 aliphatic heterocycles. The monoisotopic (exact) mass is 291 g/mol. The average molecular weight is 292 g/mol. The molecule has 0 fully saturated rings. The van der Waals surface area contributed by atoms with E-state index in [0.29, 0.717) is 5.69 Å². The van der Waals surface area contributed by atoms with Crippen LogP contribution in [0.3, 0.4) is 0 Å². The third-order valence-corrected chi connectivity index (χ3v) is 3.12. The highest BCUT2D eigenvalue weighted by Crippen LogP contribution is 2.28. The summed E-state index contributed by atoms with van der Waals surface area (Å²) in [6, 6.07) is 3.80. The molecule has 0 saturated carbocycles. The highest BCUT2D eigenvalue weighted by molar-refractivity contribution is 9.10. The predicted octanol–water partition coefficient (Wildman–Crippen LogP) is 2.61. The van der Waals surface area contributed by atoms with E-state index >= 15 is 0 Å². The van der Waals surface area contributed by atoms with Crippen LogP contribution in [0.2, 0.25) is 0 Å². The summed E-state index contributed by atoms with van der Waals surface area (Å²) in [4.78, 5) is 7.73. The molecule has 5 nitrogen and oxygen atoms in total. The number of fused-ring (bicyclic) bond motifs is 1. The second kappa shape index (κ2) is 3.59.